The number of guanidine groups is 1. The molecule has 1 atom stereocenters. The minimum Gasteiger partial charge on any atom is -0.355 e. The first-order valence-corrected chi connectivity index (χ1v) is 10.5. The van der Waals surface area contributed by atoms with Crippen molar-refractivity contribution in [3.05, 3.63) is 12.4 Å². The first-order chi connectivity index (χ1) is 13.5. The number of carbonyl (C=O) groups excluding carboxylic acids is 1. The van der Waals surface area contributed by atoms with Crippen LogP contribution in [0.3, 0.4) is 0 Å². The second-order valence-corrected chi connectivity index (χ2v) is 8.29. The molecule has 1 aromatic heterocycles. The molecule has 1 amide bonds. The molecule has 1 unspecified atom stereocenters. The molecular formula is C20H35N7O. The van der Waals surface area contributed by atoms with E-state index in [-0.39, 0.29) is 5.91 Å². The lowest BCUT2D eigenvalue weighted by molar-refractivity contribution is -0.120. The maximum absolute atomic E-state index is 12.7. The number of aryl methyl sites for hydroxylation is 1. The van der Waals surface area contributed by atoms with Gasteiger partial charge in [-0.1, -0.05) is 13.8 Å². The van der Waals surface area contributed by atoms with Crippen LogP contribution in [0, 0.1) is 5.92 Å². The number of hydrogen-bond donors (Lipinski definition) is 1. The van der Waals surface area contributed by atoms with Crippen LogP contribution < -0.4 is 10.2 Å². The van der Waals surface area contributed by atoms with Gasteiger partial charge < -0.3 is 15.1 Å². The van der Waals surface area contributed by atoms with Gasteiger partial charge in [0.25, 0.3) is 0 Å². The molecule has 3 heterocycles. The van der Waals surface area contributed by atoms with E-state index in [4.69, 9.17) is 0 Å². The molecule has 0 bridgehead atoms. The summed E-state index contributed by atoms with van der Waals surface area (Å²) in [6.07, 6.45) is 7.40. The number of likely N-dealkylation sites (tertiary alicyclic amines) is 1. The maximum Gasteiger partial charge on any atom is 0.246 e. The first-order valence-electron chi connectivity index (χ1n) is 10.5. The van der Waals surface area contributed by atoms with Crippen LogP contribution in [-0.4, -0.2) is 83.8 Å². The third kappa shape index (κ3) is 5.04. The van der Waals surface area contributed by atoms with Crippen molar-refractivity contribution in [1.82, 2.24) is 24.9 Å². The molecule has 0 aromatic carbocycles. The number of piperazine rings is 1. The molecule has 8 heteroatoms. The second-order valence-electron chi connectivity index (χ2n) is 8.29. The van der Waals surface area contributed by atoms with E-state index in [0.29, 0.717) is 25.0 Å². The van der Waals surface area contributed by atoms with Gasteiger partial charge in [-0.05, 0) is 38.3 Å². The van der Waals surface area contributed by atoms with Crippen molar-refractivity contribution < 1.29 is 4.79 Å². The summed E-state index contributed by atoms with van der Waals surface area (Å²) >= 11 is 0. The Hall–Kier alpha value is -2.09. The lowest BCUT2D eigenvalue weighted by Crippen LogP contribution is -2.56. The highest BCUT2D eigenvalue weighted by Gasteiger charge is 2.29. The molecule has 28 heavy (non-hydrogen) atoms. The molecule has 0 spiro atoms. The fourth-order valence-electron chi connectivity index (χ4n) is 4.23. The summed E-state index contributed by atoms with van der Waals surface area (Å²) in [6, 6.07) is 0.520. The van der Waals surface area contributed by atoms with Gasteiger partial charge in [0.05, 0.1) is 11.9 Å². The third-order valence-corrected chi connectivity index (χ3v) is 5.63. The van der Waals surface area contributed by atoms with Crippen LogP contribution >= 0.6 is 0 Å². The molecule has 2 aliphatic rings. The van der Waals surface area contributed by atoms with Gasteiger partial charge in [-0.2, -0.15) is 5.10 Å². The summed E-state index contributed by atoms with van der Waals surface area (Å²) in [7, 11) is 3.66. The number of nitrogens with zero attached hydrogens (tertiary/aromatic N) is 6. The summed E-state index contributed by atoms with van der Waals surface area (Å²) < 4.78 is 1.72. The van der Waals surface area contributed by atoms with Crippen molar-refractivity contribution in [3.63, 3.8) is 0 Å². The third-order valence-electron chi connectivity index (χ3n) is 5.63. The quantitative estimate of drug-likeness (QED) is 0.584. The molecule has 0 saturated carbocycles. The highest BCUT2D eigenvalue weighted by molar-refractivity contribution is 5.98. The first kappa shape index (κ1) is 20.6. The SMILES string of the molecule is CN=C(NCC(CC(C)C)N1CCCC1)N1CCN(c2cnn(C)c2)C(=O)C1. The Morgan fingerprint density at radius 2 is 2.00 bits per heavy atom. The standard InChI is InChI=1S/C20H35N7O/c1-16(2)11-17(25-7-5-6-8-25)12-22-20(21-3)26-9-10-27(19(28)15-26)18-13-23-24(4)14-18/h13-14,16-17H,5-12,15H2,1-4H3,(H,21,22). The molecule has 2 aliphatic heterocycles. The van der Waals surface area contributed by atoms with Gasteiger partial charge in [-0.3, -0.25) is 19.4 Å². The molecule has 2 saturated heterocycles. The zero-order valence-electron chi connectivity index (χ0n) is 17.8. The Balaban J connectivity index is 1.57. The summed E-state index contributed by atoms with van der Waals surface area (Å²) in [6.45, 7) is 9.59. The average molecular weight is 390 g/mol. The summed E-state index contributed by atoms with van der Waals surface area (Å²) in [5.74, 6) is 1.58. The number of aliphatic imine (C=N–C) groups is 1. The van der Waals surface area contributed by atoms with E-state index in [2.05, 4.69) is 39.1 Å². The van der Waals surface area contributed by atoms with Crippen molar-refractivity contribution in [1.29, 1.82) is 0 Å². The van der Waals surface area contributed by atoms with Crippen LogP contribution in [0.25, 0.3) is 0 Å². The summed E-state index contributed by atoms with van der Waals surface area (Å²) in [5, 5.41) is 7.72. The largest absolute Gasteiger partial charge is 0.355 e. The van der Waals surface area contributed by atoms with Crippen molar-refractivity contribution in [2.45, 2.75) is 39.2 Å². The Labute approximate surface area is 168 Å². The van der Waals surface area contributed by atoms with Gasteiger partial charge in [0.2, 0.25) is 5.91 Å². The van der Waals surface area contributed by atoms with Crippen LogP contribution in [0.4, 0.5) is 5.69 Å². The van der Waals surface area contributed by atoms with Crippen LogP contribution in [0.5, 0.6) is 0 Å². The molecule has 8 nitrogen and oxygen atoms in total. The van der Waals surface area contributed by atoms with Crippen LogP contribution in [0.1, 0.15) is 33.1 Å². The van der Waals surface area contributed by atoms with Crippen molar-refractivity contribution in [3.8, 4) is 0 Å². The number of rotatable bonds is 6. The van der Waals surface area contributed by atoms with Gasteiger partial charge >= 0.3 is 0 Å². The van der Waals surface area contributed by atoms with Crippen LogP contribution in [0.2, 0.25) is 0 Å². The average Bonchev–Trinajstić information content (AvgIpc) is 3.33. The van der Waals surface area contributed by atoms with Gasteiger partial charge in [-0.15, -0.1) is 0 Å². The highest BCUT2D eigenvalue weighted by Crippen LogP contribution is 2.18. The van der Waals surface area contributed by atoms with Gasteiger partial charge in [0.1, 0.15) is 6.54 Å². The van der Waals surface area contributed by atoms with Crippen molar-refractivity contribution in [2.24, 2.45) is 18.0 Å². The number of aromatic nitrogens is 2. The normalized spacial score (nSPS) is 20.3. The Morgan fingerprint density at radius 3 is 2.57 bits per heavy atom. The zero-order valence-corrected chi connectivity index (χ0v) is 17.8. The Bertz CT molecular complexity index is 678. The minimum atomic E-state index is 0.0838. The van der Waals surface area contributed by atoms with E-state index in [9.17, 15) is 4.79 Å². The maximum atomic E-state index is 12.7. The van der Waals surface area contributed by atoms with E-state index in [1.54, 1.807) is 17.9 Å². The predicted molar refractivity (Wildman–Crippen MR) is 113 cm³/mol. The highest BCUT2D eigenvalue weighted by atomic mass is 16.2. The molecule has 1 aromatic rings. The summed E-state index contributed by atoms with van der Waals surface area (Å²) in [5.41, 5.74) is 0.862. The molecule has 3 rings (SSSR count). The lowest BCUT2D eigenvalue weighted by Gasteiger charge is -2.36. The van der Waals surface area contributed by atoms with Gasteiger partial charge in [0.15, 0.2) is 5.96 Å². The van der Waals surface area contributed by atoms with Crippen LogP contribution in [-0.2, 0) is 11.8 Å². The number of anilines is 1. The molecule has 0 radical (unpaired) electrons. The number of nitrogens with one attached hydrogen (secondary N) is 1. The molecular weight excluding hydrogens is 354 g/mol. The number of amides is 1. The summed E-state index contributed by atoms with van der Waals surface area (Å²) in [4.78, 5) is 23.6. The van der Waals surface area contributed by atoms with Gasteiger partial charge in [-0.25, -0.2) is 0 Å². The van der Waals surface area contributed by atoms with Gasteiger partial charge in [0, 0.05) is 46.0 Å². The van der Waals surface area contributed by atoms with E-state index < -0.39 is 0 Å². The van der Waals surface area contributed by atoms with E-state index in [1.165, 1.54) is 32.4 Å². The number of hydrogen-bond acceptors (Lipinski definition) is 4. The van der Waals surface area contributed by atoms with Crippen LogP contribution in [0.15, 0.2) is 17.4 Å². The minimum absolute atomic E-state index is 0.0838. The Morgan fingerprint density at radius 1 is 1.25 bits per heavy atom. The van der Waals surface area contributed by atoms with E-state index in [0.717, 1.165) is 24.7 Å². The Kier molecular flexibility index (Phi) is 6.93. The molecule has 2 fully saturated rings. The van der Waals surface area contributed by atoms with E-state index in [1.807, 2.05) is 18.1 Å². The fourth-order valence-corrected chi connectivity index (χ4v) is 4.23. The predicted octanol–water partition coefficient (Wildman–Crippen LogP) is 1.15. The fraction of sp³-hybridized carbons (Fsp3) is 0.750. The molecule has 1 N–H and O–H groups in total. The second kappa shape index (κ2) is 9.41. The van der Waals surface area contributed by atoms with Crippen molar-refractivity contribution >= 4 is 17.6 Å². The van der Waals surface area contributed by atoms with Crippen molar-refractivity contribution in [2.75, 3.05) is 51.2 Å². The topological polar surface area (TPSA) is 69.0 Å². The molecule has 0 aliphatic carbocycles. The zero-order chi connectivity index (χ0) is 20.1. The van der Waals surface area contributed by atoms with E-state index >= 15 is 0 Å². The lowest BCUT2D eigenvalue weighted by atomic mass is 10.0. The number of carbonyl (C=O) groups is 1. The smallest absolute Gasteiger partial charge is 0.246 e. The molecule has 156 valence electrons. The monoisotopic (exact) mass is 389 g/mol.